The van der Waals surface area contributed by atoms with Crippen molar-refractivity contribution in [1.29, 1.82) is 0 Å². The van der Waals surface area contributed by atoms with Crippen LogP contribution in [0.1, 0.15) is 17.5 Å². The Kier molecular flexibility index (Phi) is 7.85. The summed E-state index contributed by atoms with van der Waals surface area (Å²) in [7, 11) is -0.883. The summed E-state index contributed by atoms with van der Waals surface area (Å²) >= 11 is 0. The van der Waals surface area contributed by atoms with E-state index in [1.54, 1.807) is 12.5 Å². The molecule has 9 nitrogen and oxygen atoms in total. The van der Waals surface area contributed by atoms with Gasteiger partial charge in [0, 0.05) is 44.5 Å². The maximum absolute atomic E-state index is 12.5. The summed E-state index contributed by atoms with van der Waals surface area (Å²) in [6, 6.07) is 12.2. The third-order valence-corrected chi connectivity index (χ3v) is 6.17. The van der Waals surface area contributed by atoms with E-state index in [1.165, 1.54) is 32.4 Å². The second-order valence-corrected chi connectivity index (χ2v) is 8.76. The van der Waals surface area contributed by atoms with Crippen LogP contribution in [0.25, 0.3) is 0 Å². The Hall–Kier alpha value is -3.37. The van der Waals surface area contributed by atoms with Crippen molar-refractivity contribution >= 4 is 15.9 Å². The number of sulfonamides is 1. The molecule has 3 rings (SSSR count). The molecule has 0 saturated heterocycles. The van der Waals surface area contributed by atoms with Gasteiger partial charge in [0.15, 0.2) is 11.5 Å². The first kappa shape index (κ1) is 23.3. The summed E-state index contributed by atoms with van der Waals surface area (Å²) < 4.78 is 39.6. The minimum absolute atomic E-state index is 0.0151. The highest BCUT2D eigenvalue weighted by molar-refractivity contribution is 7.89. The minimum Gasteiger partial charge on any atom is -0.493 e. The van der Waals surface area contributed by atoms with Gasteiger partial charge in [-0.25, -0.2) is 18.1 Å². The van der Waals surface area contributed by atoms with Crippen LogP contribution < -0.4 is 19.5 Å². The molecule has 1 heterocycles. The van der Waals surface area contributed by atoms with Gasteiger partial charge in [-0.1, -0.05) is 24.3 Å². The van der Waals surface area contributed by atoms with Crippen LogP contribution in [-0.2, 0) is 27.9 Å². The molecule has 0 aliphatic carbocycles. The van der Waals surface area contributed by atoms with E-state index < -0.39 is 10.0 Å². The van der Waals surface area contributed by atoms with Crippen molar-refractivity contribution in [2.75, 3.05) is 20.8 Å². The smallest absolute Gasteiger partial charge is 0.240 e. The zero-order valence-corrected chi connectivity index (χ0v) is 18.8. The number of methoxy groups -OCH3 is 2. The molecule has 0 radical (unpaired) electrons. The second kappa shape index (κ2) is 10.8. The monoisotopic (exact) mass is 458 g/mol. The third kappa shape index (κ3) is 6.32. The first-order valence-electron chi connectivity index (χ1n) is 9.93. The lowest BCUT2D eigenvalue weighted by molar-refractivity contribution is -0.121. The molecule has 1 amide bonds. The highest BCUT2D eigenvalue weighted by atomic mass is 32.2. The van der Waals surface area contributed by atoms with E-state index in [0.717, 1.165) is 11.1 Å². The molecule has 1 aromatic heterocycles. The van der Waals surface area contributed by atoms with Gasteiger partial charge in [-0.3, -0.25) is 4.79 Å². The Bertz CT molecular complexity index is 1150. The van der Waals surface area contributed by atoms with Crippen LogP contribution in [0.4, 0.5) is 0 Å². The highest BCUT2D eigenvalue weighted by Crippen LogP contribution is 2.29. The Balaban J connectivity index is 1.48. The Morgan fingerprint density at radius 1 is 1.06 bits per heavy atom. The normalized spacial score (nSPS) is 11.2. The van der Waals surface area contributed by atoms with Gasteiger partial charge in [0.25, 0.3) is 0 Å². The maximum Gasteiger partial charge on any atom is 0.240 e. The zero-order valence-electron chi connectivity index (χ0n) is 17.9. The number of benzene rings is 2. The van der Waals surface area contributed by atoms with Gasteiger partial charge in [-0.05, 0) is 23.3 Å². The number of rotatable bonds is 11. The Labute approximate surface area is 187 Å². The molecular weight excluding hydrogens is 432 g/mol. The van der Waals surface area contributed by atoms with Crippen molar-refractivity contribution in [3.63, 3.8) is 0 Å². The molecule has 0 fully saturated rings. The van der Waals surface area contributed by atoms with Gasteiger partial charge in [-0.2, -0.15) is 0 Å². The SMILES string of the molecule is COc1ccc(S(=O)(=O)NCCC(=O)NCc2cccc(Cn3ccnc3)c2)cc1OC. The van der Waals surface area contributed by atoms with E-state index in [0.29, 0.717) is 24.6 Å². The van der Waals surface area contributed by atoms with Gasteiger partial charge in [0.1, 0.15) is 0 Å². The molecule has 0 saturated carbocycles. The topological polar surface area (TPSA) is 112 Å². The van der Waals surface area contributed by atoms with E-state index in [9.17, 15) is 13.2 Å². The molecule has 0 bridgehead atoms. The van der Waals surface area contributed by atoms with Crippen molar-refractivity contribution < 1.29 is 22.7 Å². The largest absolute Gasteiger partial charge is 0.493 e. The van der Waals surface area contributed by atoms with Crippen LogP contribution in [0.3, 0.4) is 0 Å². The fourth-order valence-corrected chi connectivity index (χ4v) is 4.13. The van der Waals surface area contributed by atoms with Gasteiger partial charge in [0.2, 0.25) is 15.9 Å². The van der Waals surface area contributed by atoms with Gasteiger partial charge in [0.05, 0.1) is 25.4 Å². The number of imidazole rings is 1. The molecule has 2 N–H and O–H groups in total. The van der Waals surface area contributed by atoms with E-state index >= 15 is 0 Å². The Morgan fingerprint density at radius 3 is 2.56 bits per heavy atom. The van der Waals surface area contributed by atoms with Gasteiger partial charge >= 0.3 is 0 Å². The maximum atomic E-state index is 12.5. The van der Waals surface area contributed by atoms with Crippen LogP contribution in [0.5, 0.6) is 11.5 Å². The van der Waals surface area contributed by atoms with E-state index in [2.05, 4.69) is 15.0 Å². The minimum atomic E-state index is -3.78. The summed E-state index contributed by atoms with van der Waals surface area (Å²) in [5.41, 5.74) is 2.05. The molecule has 0 aliphatic heterocycles. The summed E-state index contributed by atoms with van der Waals surface area (Å²) in [5.74, 6) is 0.489. The van der Waals surface area contributed by atoms with Crippen molar-refractivity contribution in [3.05, 3.63) is 72.3 Å². The van der Waals surface area contributed by atoms with E-state index in [-0.39, 0.29) is 23.8 Å². The van der Waals surface area contributed by atoms with Gasteiger partial charge < -0.3 is 19.4 Å². The highest BCUT2D eigenvalue weighted by Gasteiger charge is 2.17. The number of carbonyl (C=O) groups is 1. The van der Waals surface area contributed by atoms with E-state index in [1.807, 2.05) is 35.0 Å². The van der Waals surface area contributed by atoms with Crippen LogP contribution in [-0.4, -0.2) is 44.6 Å². The zero-order chi connectivity index (χ0) is 23.0. The molecule has 0 aliphatic rings. The molecule has 0 atom stereocenters. The fraction of sp³-hybridized carbons (Fsp3) is 0.273. The first-order valence-corrected chi connectivity index (χ1v) is 11.4. The lowest BCUT2D eigenvalue weighted by Crippen LogP contribution is -2.30. The van der Waals surface area contributed by atoms with E-state index in [4.69, 9.17) is 9.47 Å². The third-order valence-electron chi connectivity index (χ3n) is 4.71. The molecule has 3 aromatic rings. The number of carbonyl (C=O) groups excluding carboxylic acids is 1. The van der Waals surface area contributed by atoms with Crippen molar-refractivity contribution in [2.45, 2.75) is 24.4 Å². The second-order valence-electron chi connectivity index (χ2n) is 7.00. The molecule has 0 unspecified atom stereocenters. The number of hydrogen-bond donors (Lipinski definition) is 2. The van der Waals surface area contributed by atoms with Crippen LogP contribution in [0.2, 0.25) is 0 Å². The molecule has 10 heteroatoms. The fourth-order valence-electron chi connectivity index (χ4n) is 3.08. The Morgan fingerprint density at radius 2 is 1.84 bits per heavy atom. The van der Waals surface area contributed by atoms with Gasteiger partial charge in [-0.15, -0.1) is 0 Å². The van der Waals surface area contributed by atoms with Crippen LogP contribution in [0, 0.1) is 0 Å². The number of amides is 1. The number of nitrogens with one attached hydrogen (secondary N) is 2. The summed E-state index contributed by atoms with van der Waals surface area (Å²) in [5, 5.41) is 2.81. The average Bonchev–Trinajstić information content (AvgIpc) is 3.30. The van der Waals surface area contributed by atoms with Crippen molar-refractivity contribution in [2.24, 2.45) is 0 Å². The summed E-state index contributed by atoms with van der Waals surface area (Å²) in [6.45, 7) is 1.03. The van der Waals surface area contributed by atoms with Crippen LogP contribution >= 0.6 is 0 Å². The number of ether oxygens (including phenoxy) is 2. The predicted molar refractivity (Wildman–Crippen MR) is 119 cm³/mol. The molecule has 32 heavy (non-hydrogen) atoms. The molecular formula is C22H26N4O5S. The molecule has 170 valence electrons. The summed E-state index contributed by atoms with van der Waals surface area (Å²) in [4.78, 5) is 16.2. The molecule has 2 aromatic carbocycles. The molecule has 0 spiro atoms. The quantitative estimate of drug-likeness (QED) is 0.454. The summed E-state index contributed by atoms with van der Waals surface area (Å²) in [6.07, 6.45) is 5.37. The number of hydrogen-bond acceptors (Lipinski definition) is 6. The van der Waals surface area contributed by atoms with Crippen molar-refractivity contribution in [1.82, 2.24) is 19.6 Å². The lowest BCUT2D eigenvalue weighted by Gasteiger charge is -2.11. The number of aromatic nitrogens is 2. The lowest BCUT2D eigenvalue weighted by atomic mass is 10.1. The number of nitrogens with zero attached hydrogens (tertiary/aromatic N) is 2. The van der Waals surface area contributed by atoms with Crippen molar-refractivity contribution in [3.8, 4) is 11.5 Å². The average molecular weight is 459 g/mol. The van der Waals surface area contributed by atoms with Crippen LogP contribution in [0.15, 0.2) is 66.1 Å². The first-order chi connectivity index (χ1) is 15.4. The standard InChI is InChI=1S/C22H26N4O5S/c1-30-20-7-6-19(13-21(20)31-2)32(28,29)25-9-8-22(27)24-14-17-4-3-5-18(12-17)15-26-11-10-23-16-26/h3-7,10-13,16,25H,8-9,14-15H2,1-2H3,(H,24,27). The predicted octanol–water partition coefficient (Wildman–Crippen LogP) is 1.93.